The molecule has 72 valence electrons. The molecule has 0 saturated heterocycles. The summed E-state index contributed by atoms with van der Waals surface area (Å²) in [7, 11) is 0. The maximum atomic E-state index is 9.33. The van der Waals surface area contributed by atoms with Crippen molar-refractivity contribution in [2.45, 2.75) is 13.0 Å². The molecule has 0 spiro atoms. The molecule has 0 aliphatic rings. The molecule has 0 radical (unpaired) electrons. The summed E-state index contributed by atoms with van der Waals surface area (Å²) in [6.45, 7) is 1.74. The predicted molar refractivity (Wildman–Crippen MR) is 54.6 cm³/mol. The zero-order chi connectivity index (χ0) is 10.0. The average Bonchev–Trinajstić information content (AvgIpc) is 2.13. The van der Waals surface area contributed by atoms with Crippen molar-refractivity contribution >= 4 is 15.9 Å². The van der Waals surface area contributed by atoms with Crippen molar-refractivity contribution in [2.24, 2.45) is 5.73 Å². The summed E-state index contributed by atoms with van der Waals surface area (Å²) in [6, 6.07) is 2.88. The third-order valence-corrected chi connectivity index (χ3v) is 3.01. The van der Waals surface area contributed by atoms with Crippen LogP contribution in [0.25, 0.3) is 0 Å². The van der Waals surface area contributed by atoms with E-state index in [4.69, 9.17) is 10.8 Å². The molecule has 0 aromatic heterocycles. The van der Waals surface area contributed by atoms with E-state index < -0.39 is 6.04 Å². The maximum Gasteiger partial charge on any atom is 0.130 e. The van der Waals surface area contributed by atoms with Crippen LogP contribution in [-0.4, -0.2) is 16.8 Å². The van der Waals surface area contributed by atoms with Crippen molar-refractivity contribution in [2.75, 3.05) is 6.61 Å². The lowest BCUT2D eigenvalue weighted by atomic mass is 10.0. The van der Waals surface area contributed by atoms with Crippen LogP contribution in [-0.2, 0) is 0 Å². The van der Waals surface area contributed by atoms with E-state index in [0.717, 1.165) is 11.1 Å². The topological polar surface area (TPSA) is 66.5 Å². The summed E-state index contributed by atoms with van der Waals surface area (Å²) in [6.07, 6.45) is 0. The van der Waals surface area contributed by atoms with Gasteiger partial charge < -0.3 is 15.9 Å². The molecule has 13 heavy (non-hydrogen) atoms. The smallest absolute Gasteiger partial charge is 0.130 e. The monoisotopic (exact) mass is 245 g/mol. The molecule has 0 saturated carbocycles. The molecule has 0 bridgehead atoms. The molecule has 1 rings (SSSR count). The van der Waals surface area contributed by atoms with Gasteiger partial charge in [-0.15, -0.1) is 0 Å². The van der Waals surface area contributed by atoms with Gasteiger partial charge in [0, 0.05) is 0 Å². The first-order valence-corrected chi connectivity index (χ1v) is 4.71. The highest BCUT2D eigenvalue weighted by Crippen LogP contribution is 2.31. The van der Waals surface area contributed by atoms with Gasteiger partial charge >= 0.3 is 0 Å². The van der Waals surface area contributed by atoms with Crippen LogP contribution in [0.2, 0.25) is 0 Å². The Morgan fingerprint density at radius 1 is 1.54 bits per heavy atom. The molecule has 1 aromatic carbocycles. The molecule has 0 heterocycles. The number of nitrogens with two attached hydrogens (primary N) is 1. The van der Waals surface area contributed by atoms with Crippen LogP contribution < -0.4 is 5.73 Å². The average molecular weight is 246 g/mol. The van der Waals surface area contributed by atoms with Crippen molar-refractivity contribution in [1.29, 1.82) is 0 Å². The van der Waals surface area contributed by atoms with Crippen LogP contribution in [0.5, 0.6) is 5.75 Å². The molecule has 0 aliphatic carbocycles. The van der Waals surface area contributed by atoms with E-state index in [9.17, 15) is 5.11 Å². The van der Waals surface area contributed by atoms with Gasteiger partial charge in [0.05, 0.1) is 17.1 Å². The standard InChI is InChI=1S/C9H12BrNO2/c1-5-6(7(11)4-12)2-3-8(13)9(5)10/h2-3,7,12-13H,4,11H2,1H3. The van der Waals surface area contributed by atoms with Gasteiger partial charge in [0.25, 0.3) is 0 Å². The van der Waals surface area contributed by atoms with E-state index in [1.54, 1.807) is 12.1 Å². The van der Waals surface area contributed by atoms with Crippen molar-refractivity contribution in [3.8, 4) is 5.75 Å². The SMILES string of the molecule is Cc1c(C(N)CO)ccc(O)c1Br. The third-order valence-electron chi connectivity index (χ3n) is 2.00. The quantitative estimate of drug-likeness (QED) is 0.739. The van der Waals surface area contributed by atoms with Gasteiger partial charge in [0.2, 0.25) is 0 Å². The number of benzene rings is 1. The fourth-order valence-corrected chi connectivity index (χ4v) is 1.55. The van der Waals surface area contributed by atoms with Gasteiger partial charge in [-0.05, 0) is 40.0 Å². The summed E-state index contributed by atoms with van der Waals surface area (Å²) in [4.78, 5) is 0. The first kappa shape index (κ1) is 10.5. The Morgan fingerprint density at radius 2 is 2.15 bits per heavy atom. The molecule has 1 aromatic rings. The minimum absolute atomic E-state index is 0.0992. The summed E-state index contributed by atoms with van der Waals surface area (Å²) in [5, 5.41) is 18.2. The largest absolute Gasteiger partial charge is 0.507 e. The van der Waals surface area contributed by atoms with Gasteiger partial charge in [0.1, 0.15) is 5.75 Å². The lowest BCUT2D eigenvalue weighted by Crippen LogP contribution is -2.15. The number of halogens is 1. The lowest BCUT2D eigenvalue weighted by molar-refractivity contribution is 0.267. The Balaban J connectivity index is 3.18. The molecular formula is C9H12BrNO2. The number of hydrogen-bond acceptors (Lipinski definition) is 3. The number of hydrogen-bond donors (Lipinski definition) is 3. The highest BCUT2D eigenvalue weighted by Gasteiger charge is 2.11. The Kier molecular flexibility index (Phi) is 3.30. The Hall–Kier alpha value is -0.580. The number of aliphatic hydroxyl groups is 1. The minimum Gasteiger partial charge on any atom is -0.507 e. The zero-order valence-corrected chi connectivity index (χ0v) is 8.87. The number of aliphatic hydroxyl groups excluding tert-OH is 1. The number of phenolic OH excluding ortho intramolecular Hbond substituents is 1. The molecule has 0 fully saturated rings. The number of phenols is 1. The van der Waals surface area contributed by atoms with Gasteiger partial charge in [-0.2, -0.15) is 0 Å². The number of aromatic hydroxyl groups is 1. The Labute approximate surface area is 85.3 Å². The van der Waals surface area contributed by atoms with Crippen molar-refractivity contribution in [1.82, 2.24) is 0 Å². The second-order valence-electron chi connectivity index (χ2n) is 2.90. The molecule has 1 unspecified atom stereocenters. The van der Waals surface area contributed by atoms with Crippen molar-refractivity contribution in [3.05, 3.63) is 27.7 Å². The van der Waals surface area contributed by atoms with Crippen LogP contribution in [0.15, 0.2) is 16.6 Å². The van der Waals surface area contributed by atoms with Crippen LogP contribution in [0.4, 0.5) is 0 Å². The second kappa shape index (κ2) is 4.09. The fourth-order valence-electron chi connectivity index (χ4n) is 1.19. The van der Waals surface area contributed by atoms with E-state index >= 15 is 0 Å². The van der Waals surface area contributed by atoms with E-state index in [1.807, 2.05) is 6.92 Å². The number of rotatable bonds is 2. The first-order valence-electron chi connectivity index (χ1n) is 3.92. The first-order chi connectivity index (χ1) is 6.07. The molecule has 0 amide bonds. The van der Waals surface area contributed by atoms with Gasteiger partial charge in [-0.1, -0.05) is 6.07 Å². The van der Waals surface area contributed by atoms with E-state index in [2.05, 4.69) is 15.9 Å². The van der Waals surface area contributed by atoms with Crippen LogP contribution >= 0.6 is 15.9 Å². The Bertz CT molecular complexity index is 315. The van der Waals surface area contributed by atoms with E-state index in [-0.39, 0.29) is 12.4 Å². The second-order valence-corrected chi connectivity index (χ2v) is 3.69. The van der Waals surface area contributed by atoms with Gasteiger partial charge in [0.15, 0.2) is 0 Å². The van der Waals surface area contributed by atoms with Crippen molar-refractivity contribution < 1.29 is 10.2 Å². The van der Waals surface area contributed by atoms with E-state index in [0.29, 0.717) is 4.47 Å². The van der Waals surface area contributed by atoms with Crippen molar-refractivity contribution in [3.63, 3.8) is 0 Å². The molecule has 4 heteroatoms. The highest BCUT2D eigenvalue weighted by molar-refractivity contribution is 9.10. The van der Waals surface area contributed by atoms with Crippen LogP contribution in [0.3, 0.4) is 0 Å². The van der Waals surface area contributed by atoms with Crippen LogP contribution in [0.1, 0.15) is 17.2 Å². The summed E-state index contributed by atoms with van der Waals surface area (Å²) in [5.41, 5.74) is 7.36. The molecule has 1 atom stereocenters. The lowest BCUT2D eigenvalue weighted by Gasteiger charge is -2.13. The predicted octanol–water partition coefficient (Wildman–Crippen LogP) is 1.46. The highest BCUT2D eigenvalue weighted by atomic mass is 79.9. The summed E-state index contributed by atoms with van der Waals surface area (Å²) in [5.74, 6) is 0.186. The Morgan fingerprint density at radius 3 is 2.69 bits per heavy atom. The molecule has 0 aliphatic heterocycles. The maximum absolute atomic E-state index is 9.33. The normalized spacial score (nSPS) is 12.9. The van der Waals surface area contributed by atoms with Gasteiger partial charge in [-0.3, -0.25) is 0 Å². The molecular weight excluding hydrogens is 234 g/mol. The zero-order valence-electron chi connectivity index (χ0n) is 7.29. The van der Waals surface area contributed by atoms with Gasteiger partial charge in [-0.25, -0.2) is 0 Å². The third kappa shape index (κ3) is 2.02. The molecule has 3 nitrogen and oxygen atoms in total. The summed E-state index contributed by atoms with van der Waals surface area (Å²) >= 11 is 3.24. The minimum atomic E-state index is -0.392. The fraction of sp³-hybridized carbons (Fsp3) is 0.333. The van der Waals surface area contributed by atoms with Crippen LogP contribution in [0, 0.1) is 6.92 Å². The van der Waals surface area contributed by atoms with E-state index in [1.165, 1.54) is 0 Å². The summed E-state index contributed by atoms with van der Waals surface area (Å²) < 4.78 is 0.633. The molecule has 4 N–H and O–H groups in total.